The molecule has 0 fully saturated rings. The molecule has 0 spiro atoms. The van der Waals surface area contributed by atoms with E-state index in [0.29, 0.717) is 12.1 Å². The van der Waals surface area contributed by atoms with Gasteiger partial charge in [-0.05, 0) is 30.7 Å². The number of carbonyl (C=O) groups excluding carboxylic acids is 1. The van der Waals surface area contributed by atoms with Gasteiger partial charge in [-0.25, -0.2) is 0 Å². The molecule has 2 N–H and O–H groups in total. The summed E-state index contributed by atoms with van der Waals surface area (Å²) in [6.07, 6.45) is -3.92. The first kappa shape index (κ1) is 14.3. The number of halogens is 3. The highest BCUT2D eigenvalue weighted by atomic mass is 19.4. The van der Waals surface area contributed by atoms with Crippen molar-refractivity contribution in [3.05, 3.63) is 29.8 Å². The van der Waals surface area contributed by atoms with Crippen molar-refractivity contribution in [1.82, 2.24) is 4.90 Å². The number of nitrogens with zero attached hydrogens (tertiary/aromatic N) is 1. The predicted octanol–water partition coefficient (Wildman–Crippen LogP) is 2.68. The molecule has 1 rings (SSSR count). The molecule has 6 heteroatoms. The van der Waals surface area contributed by atoms with Gasteiger partial charge < -0.3 is 10.6 Å². The number of nitrogen functional groups attached to an aromatic ring is 1. The van der Waals surface area contributed by atoms with Gasteiger partial charge in [-0.2, -0.15) is 13.2 Å². The fraction of sp³-hybridized carbons (Fsp3) is 0.417. The van der Waals surface area contributed by atoms with E-state index in [0.717, 1.165) is 4.90 Å². The van der Waals surface area contributed by atoms with E-state index < -0.39 is 18.6 Å². The fourth-order valence-corrected chi connectivity index (χ4v) is 1.55. The van der Waals surface area contributed by atoms with Gasteiger partial charge in [0.05, 0.1) is 0 Å². The van der Waals surface area contributed by atoms with Crippen LogP contribution in [0, 0.1) is 0 Å². The van der Waals surface area contributed by atoms with E-state index in [1.807, 2.05) is 0 Å². The Balaban J connectivity index is 2.85. The smallest absolute Gasteiger partial charge is 0.399 e. The zero-order valence-electron chi connectivity index (χ0n) is 10.00. The zero-order chi connectivity index (χ0) is 13.8. The van der Waals surface area contributed by atoms with Crippen LogP contribution in [0.4, 0.5) is 18.9 Å². The summed E-state index contributed by atoms with van der Waals surface area (Å²) >= 11 is 0. The van der Waals surface area contributed by atoms with E-state index >= 15 is 0 Å². The standard InChI is InChI=1S/C12H15F3N2O/c1-2-7-17(8-12(13,14)15)11(18)9-3-5-10(16)6-4-9/h3-6H,2,7-8,16H2,1H3. The molecule has 1 aromatic rings. The van der Waals surface area contributed by atoms with Gasteiger partial charge in [-0.3, -0.25) is 4.79 Å². The Labute approximate surface area is 103 Å². The zero-order valence-corrected chi connectivity index (χ0v) is 10.00. The lowest BCUT2D eigenvalue weighted by molar-refractivity contribution is -0.140. The second-order valence-corrected chi connectivity index (χ2v) is 3.96. The Morgan fingerprint density at radius 2 is 1.83 bits per heavy atom. The molecule has 0 radical (unpaired) electrons. The van der Waals surface area contributed by atoms with Gasteiger partial charge >= 0.3 is 6.18 Å². The molecule has 0 heterocycles. The van der Waals surface area contributed by atoms with Crippen LogP contribution in [0.15, 0.2) is 24.3 Å². The highest BCUT2D eigenvalue weighted by molar-refractivity contribution is 5.94. The van der Waals surface area contributed by atoms with Crippen LogP contribution in [-0.4, -0.2) is 30.1 Å². The van der Waals surface area contributed by atoms with Crippen LogP contribution in [0.5, 0.6) is 0 Å². The minimum atomic E-state index is -4.39. The van der Waals surface area contributed by atoms with Crippen LogP contribution >= 0.6 is 0 Å². The number of benzene rings is 1. The summed E-state index contributed by atoms with van der Waals surface area (Å²) in [7, 11) is 0. The Bertz CT molecular complexity index is 401. The van der Waals surface area contributed by atoms with Crippen molar-refractivity contribution in [3.8, 4) is 0 Å². The number of amides is 1. The molecule has 0 bridgehead atoms. The van der Waals surface area contributed by atoms with Crippen LogP contribution in [0.2, 0.25) is 0 Å². The first-order valence-electron chi connectivity index (χ1n) is 5.55. The molecule has 0 atom stereocenters. The van der Waals surface area contributed by atoms with Gasteiger partial charge in [0, 0.05) is 17.8 Å². The molecule has 0 saturated carbocycles. The van der Waals surface area contributed by atoms with E-state index in [1.54, 1.807) is 6.92 Å². The number of anilines is 1. The first-order valence-corrected chi connectivity index (χ1v) is 5.55. The minimum absolute atomic E-state index is 0.0721. The molecule has 0 unspecified atom stereocenters. The van der Waals surface area contributed by atoms with Gasteiger partial charge in [0.15, 0.2) is 0 Å². The van der Waals surface area contributed by atoms with E-state index in [4.69, 9.17) is 5.73 Å². The topological polar surface area (TPSA) is 46.3 Å². The average molecular weight is 260 g/mol. The summed E-state index contributed by atoms with van der Waals surface area (Å²) in [6.45, 7) is 0.562. The van der Waals surface area contributed by atoms with Crippen molar-refractivity contribution in [2.75, 3.05) is 18.8 Å². The van der Waals surface area contributed by atoms with Crippen molar-refractivity contribution in [2.45, 2.75) is 19.5 Å². The van der Waals surface area contributed by atoms with Gasteiger partial charge in [0.1, 0.15) is 6.54 Å². The van der Waals surface area contributed by atoms with Crippen molar-refractivity contribution in [1.29, 1.82) is 0 Å². The Morgan fingerprint density at radius 3 is 2.28 bits per heavy atom. The molecule has 100 valence electrons. The van der Waals surface area contributed by atoms with Crippen molar-refractivity contribution < 1.29 is 18.0 Å². The summed E-state index contributed by atoms with van der Waals surface area (Å²) in [5.41, 5.74) is 6.13. The van der Waals surface area contributed by atoms with Crippen LogP contribution in [0.3, 0.4) is 0 Å². The summed E-state index contributed by atoms with van der Waals surface area (Å²) in [4.78, 5) is 12.7. The molecule has 0 aliphatic rings. The van der Waals surface area contributed by atoms with Crippen LogP contribution < -0.4 is 5.73 Å². The normalized spacial score (nSPS) is 11.3. The van der Waals surface area contributed by atoms with E-state index in [2.05, 4.69) is 0 Å². The van der Waals surface area contributed by atoms with Gasteiger partial charge in [0.2, 0.25) is 0 Å². The molecule has 3 nitrogen and oxygen atoms in total. The molecule has 1 amide bonds. The maximum Gasteiger partial charge on any atom is 0.406 e. The van der Waals surface area contributed by atoms with E-state index in [9.17, 15) is 18.0 Å². The van der Waals surface area contributed by atoms with Crippen molar-refractivity contribution in [3.63, 3.8) is 0 Å². The summed E-state index contributed by atoms with van der Waals surface area (Å²) in [5, 5.41) is 0. The SMILES string of the molecule is CCCN(CC(F)(F)F)C(=O)c1ccc(N)cc1. The number of hydrogen-bond donors (Lipinski definition) is 1. The summed E-state index contributed by atoms with van der Waals surface area (Å²) < 4.78 is 37.1. The number of carbonyl (C=O) groups is 1. The second kappa shape index (κ2) is 5.75. The minimum Gasteiger partial charge on any atom is -0.399 e. The van der Waals surface area contributed by atoms with Crippen LogP contribution in [-0.2, 0) is 0 Å². The third-order valence-corrected chi connectivity index (χ3v) is 2.31. The maximum absolute atomic E-state index is 12.4. The third kappa shape index (κ3) is 4.27. The maximum atomic E-state index is 12.4. The molecule has 1 aromatic carbocycles. The average Bonchev–Trinajstić information content (AvgIpc) is 2.27. The molecular weight excluding hydrogens is 245 g/mol. The van der Waals surface area contributed by atoms with Crippen molar-refractivity contribution in [2.24, 2.45) is 0 Å². The van der Waals surface area contributed by atoms with Crippen LogP contribution in [0.1, 0.15) is 23.7 Å². The largest absolute Gasteiger partial charge is 0.406 e. The molecule has 0 aliphatic heterocycles. The number of alkyl halides is 3. The number of rotatable bonds is 4. The van der Waals surface area contributed by atoms with Crippen molar-refractivity contribution >= 4 is 11.6 Å². The molecule has 0 saturated heterocycles. The van der Waals surface area contributed by atoms with Gasteiger partial charge in [0.25, 0.3) is 5.91 Å². The molecular formula is C12H15F3N2O. The Hall–Kier alpha value is -1.72. The fourth-order valence-electron chi connectivity index (χ4n) is 1.55. The molecule has 0 aromatic heterocycles. The molecule has 18 heavy (non-hydrogen) atoms. The second-order valence-electron chi connectivity index (χ2n) is 3.96. The van der Waals surface area contributed by atoms with Gasteiger partial charge in [-0.15, -0.1) is 0 Å². The third-order valence-electron chi connectivity index (χ3n) is 2.31. The van der Waals surface area contributed by atoms with Gasteiger partial charge in [-0.1, -0.05) is 6.92 Å². The number of nitrogens with two attached hydrogens (primary N) is 1. The van der Waals surface area contributed by atoms with E-state index in [-0.39, 0.29) is 12.1 Å². The lowest BCUT2D eigenvalue weighted by Crippen LogP contribution is -2.39. The highest BCUT2D eigenvalue weighted by Gasteiger charge is 2.32. The molecule has 0 aliphatic carbocycles. The first-order chi connectivity index (χ1) is 8.33. The predicted molar refractivity (Wildman–Crippen MR) is 63.1 cm³/mol. The van der Waals surface area contributed by atoms with Crippen LogP contribution in [0.25, 0.3) is 0 Å². The Morgan fingerprint density at radius 1 is 1.28 bits per heavy atom. The van der Waals surface area contributed by atoms with E-state index in [1.165, 1.54) is 24.3 Å². The monoisotopic (exact) mass is 260 g/mol. The highest BCUT2D eigenvalue weighted by Crippen LogP contribution is 2.18. The lowest BCUT2D eigenvalue weighted by Gasteiger charge is -2.23. The summed E-state index contributed by atoms with van der Waals surface area (Å²) in [5.74, 6) is -0.630. The quantitative estimate of drug-likeness (QED) is 0.846. The Kier molecular flexibility index (Phi) is 4.58. The lowest BCUT2D eigenvalue weighted by atomic mass is 10.1. The summed E-state index contributed by atoms with van der Waals surface area (Å²) in [6, 6.07) is 5.84. The number of hydrogen-bond acceptors (Lipinski definition) is 2.